The molecule has 0 aliphatic carbocycles. The number of ether oxygens (including phenoxy) is 1. The fourth-order valence-corrected chi connectivity index (χ4v) is 2.47. The molecule has 1 saturated heterocycles. The van der Waals surface area contributed by atoms with E-state index < -0.39 is 5.60 Å². The van der Waals surface area contributed by atoms with Crippen molar-refractivity contribution in [3.63, 3.8) is 0 Å². The summed E-state index contributed by atoms with van der Waals surface area (Å²) in [6, 6.07) is 0. The molecule has 0 bridgehead atoms. The molecule has 22 heavy (non-hydrogen) atoms. The van der Waals surface area contributed by atoms with Crippen molar-refractivity contribution in [1.82, 2.24) is 15.5 Å². The molecule has 0 aromatic rings. The minimum absolute atomic E-state index is 0.335. The topological polar surface area (TPSA) is 77.5 Å². The van der Waals surface area contributed by atoms with Crippen LogP contribution in [0.5, 0.6) is 0 Å². The molecule has 0 aromatic carbocycles. The molecule has 1 aliphatic heterocycles. The molecule has 3 N–H and O–H groups in total. The molecule has 0 unspecified atom stereocenters. The van der Waals surface area contributed by atoms with Gasteiger partial charge in [-0.2, -0.15) is 0 Å². The fraction of sp³-hybridized carbons (Fsp3) is 0.750. The average Bonchev–Trinajstić information content (AvgIpc) is 2.44. The lowest BCUT2D eigenvalue weighted by Crippen LogP contribution is -2.40. The van der Waals surface area contributed by atoms with Gasteiger partial charge in [0.05, 0.1) is 0 Å². The summed E-state index contributed by atoms with van der Waals surface area (Å²) in [5.41, 5.74) is 0.531. The molecule has 0 aromatic heterocycles. The molecule has 6 heteroatoms. The lowest BCUT2D eigenvalue weighted by Gasteiger charge is -2.32. The predicted octanol–water partition coefficient (Wildman–Crippen LogP) is 1.98. The smallest absolute Gasteiger partial charge is 0.407 e. The summed E-state index contributed by atoms with van der Waals surface area (Å²) in [4.78, 5) is 14.0. The first-order valence-electron chi connectivity index (χ1n) is 7.90. The van der Waals surface area contributed by atoms with Crippen molar-refractivity contribution in [2.75, 3.05) is 33.2 Å². The summed E-state index contributed by atoms with van der Waals surface area (Å²) in [5, 5.41) is 13.2. The van der Waals surface area contributed by atoms with E-state index in [-0.39, 0.29) is 6.09 Å². The van der Waals surface area contributed by atoms with Crippen LogP contribution < -0.4 is 10.6 Å². The highest BCUT2D eigenvalue weighted by molar-refractivity contribution is 5.76. The molecule has 0 spiro atoms. The minimum Gasteiger partial charge on any atom is -0.444 e. The lowest BCUT2D eigenvalue weighted by atomic mass is 9.96. The predicted molar refractivity (Wildman–Crippen MR) is 89.3 cm³/mol. The molecule has 0 atom stereocenters. The zero-order valence-corrected chi connectivity index (χ0v) is 14.2. The SMILES string of the molecule is CN/C=C(\C=N)CN1CCC(CNC(=O)OC(C)(C)C)CC1. The molecule has 6 nitrogen and oxygen atoms in total. The summed E-state index contributed by atoms with van der Waals surface area (Å²) in [6.07, 6.45) is 5.04. The Morgan fingerprint density at radius 1 is 1.36 bits per heavy atom. The van der Waals surface area contributed by atoms with E-state index >= 15 is 0 Å². The van der Waals surface area contributed by atoms with Crippen LogP contribution in [0.15, 0.2) is 11.8 Å². The number of carbonyl (C=O) groups excluding carboxylic acids is 1. The van der Waals surface area contributed by atoms with Gasteiger partial charge in [-0.15, -0.1) is 0 Å². The number of nitrogens with one attached hydrogen (secondary N) is 3. The van der Waals surface area contributed by atoms with Crippen LogP contribution in [0.4, 0.5) is 4.79 Å². The van der Waals surface area contributed by atoms with E-state index in [9.17, 15) is 4.79 Å². The van der Waals surface area contributed by atoms with Gasteiger partial charge in [-0.05, 0) is 58.2 Å². The monoisotopic (exact) mass is 310 g/mol. The maximum Gasteiger partial charge on any atom is 0.407 e. The number of amides is 1. The Hall–Kier alpha value is -1.56. The molecule has 1 heterocycles. The second kappa shape index (κ2) is 8.78. The number of likely N-dealkylation sites (tertiary alicyclic amines) is 1. The van der Waals surface area contributed by atoms with Crippen molar-refractivity contribution in [3.05, 3.63) is 11.8 Å². The van der Waals surface area contributed by atoms with Gasteiger partial charge in [0.25, 0.3) is 0 Å². The van der Waals surface area contributed by atoms with E-state index in [1.54, 1.807) is 0 Å². The number of hydrogen-bond donors (Lipinski definition) is 3. The summed E-state index contributed by atoms with van der Waals surface area (Å²) < 4.78 is 5.24. The first-order valence-corrected chi connectivity index (χ1v) is 7.90. The van der Waals surface area contributed by atoms with Crippen molar-refractivity contribution in [3.8, 4) is 0 Å². The van der Waals surface area contributed by atoms with Crippen molar-refractivity contribution in [1.29, 1.82) is 5.41 Å². The van der Waals surface area contributed by atoms with Crippen molar-refractivity contribution in [2.24, 2.45) is 5.92 Å². The van der Waals surface area contributed by atoms with E-state index in [1.165, 1.54) is 6.21 Å². The van der Waals surface area contributed by atoms with Gasteiger partial charge in [0.15, 0.2) is 0 Å². The molecular weight excluding hydrogens is 280 g/mol. The maximum atomic E-state index is 11.6. The van der Waals surface area contributed by atoms with E-state index in [4.69, 9.17) is 10.1 Å². The molecule has 126 valence electrons. The second-order valence-electron chi connectivity index (χ2n) is 6.75. The van der Waals surface area contributed by atoms with E-state index in [0.29, 0.717) is 12.5 Å². The van der Waals surface area contributed by atoms with Crippen LogP contribution in [0, 0.1) is 11.3 Å². The van der Waals surface area contributed by atoms with Crippen LogP contribution in [-0.2, 0) is 4.74 Å². The number of hydrogen-bond acceptors (Lipinski definition) is 5. The second-order valence-corrected chi connectivity index (χ2v) is 6.75. The van der Waals surface area contributed by atoms with Gasteiger partial charge >= 0.3 is 6.09 Å². The Morgan fingerprint density at radius 2 is 2.00 bits per heavy atom. The molecule has 1 aliphatic rings. The summed E-state index contributed by atoms with van der Waals surface area (Å²) in [6.45, 7) is 9.06. The van der Waals surface area contributed by atoms with Crippen molar-refractivity contribution >= 4 is 12.3 Å². The summed E-state index contributed by atoms with van der Waals surface area (Å²) >= 11 is 0. The van der Waals surface area contributed by atoms with Gasteiger partial charge < -0.3 is 20.8 Å². The standard InChI is InChI=1S/C16H30N4O2/c1-16(2,3)22-15(21)19-11-13-5-7-20(8-6-13)12-14(9-17)10-18-4/h9-10,13,17-18H,5-8,11-12H2,1-4H3,(H,19,21)/b14-10+,17-9?. The Balaban J connectivity index is 2.27. The molecule has 1 rings (SSSR count). The van der Waals surface area contributed by atoms with Gasteiger partial charge in [-0.1, -0.05) is 0 Å². The van der Waals surface area contributed by atoms with Crippen LogP contribution >= 0.6 is 0 Å². The first-order chi connectivity index (χ1) is 10.3. The van der Waals surface area contributed by atoms with Crippen LogP contribution in [0.3, 0.4) is 0 Å². The molecule has 1 fully saturated rings. The van der Waals surface area contributed by atoms with Crippen molar-refractivity contribution < 1.29 is 9.53 Å². The normalized spacial score (nSPS) is 17.9. The Labute approximate surface area is 133 Å². The van der Waals surface area contributed by atoms with Crippen molar-refractivity contribution in [2.45, 2.75) is 39.2 Å². The summed E-state index contributed by atoms with van der Waals surface area (Å²) in [7, 11) is 1.85. The first kappa shape index (κ1) is 18.5. The number of carbonyl (C=O) groups is 1. The lowest BCUT2D eigenvalue weighted by molar-refractivity contribution is 0.0510. The molecule has 0 saturated carbocycles. The molecular formula is C16H30N4O2. The zero-order valence-electron chi connectivity index (χ0n) is 14.2. The van der Waals surface area contributed by atoms with Crippen LogP contribution in [-0.4, -0.2) is 56.0 Å². The Kier molecular flexibility index (Phi) is 7.38. The van der Waals surface area contributed by atoms with E-state index in [2.05, 4.69) is 15.5 Å². The van der Waals surface area contributed by atoms with Crippen LogP contribution in [0.2, 0.25) is 0 Å². The highest BCUT2D eigenvalue weighted by Crippen LogP contribution is 2.17. The van der Waals surface area contributed by atoms with Gasteiger partial charge in [-0.25, -0.2) is 4.79 Å². The van der Waals surface area contributed by atoms with Crippen LogP contribution in [0.25, 0.3) is 0 Å². The Bertz CT molecular complexity index is 393. The van der Waals surface area contributed by atoms with E-state index in [1.807, 2.05) is 34.0 Å². The molecule has 0 radical (unpaired) electrons. The maximum absolute atomic E-state index is 11.6. The number of nitrogens with zero attached hydrogens (tertiary/aromatic N) is 1. The van der Waals surface area contributed by atoms with Gasteiger partial charge in [0.1, 0.15) is 5.60 Å². The third-order valence-electron chi connectivity index (χ3n) is 3.56. The minimum atomic E-state index is -0.448. The largest absolute Gasteiger partial charge is 0.444 e. The summed E-state index contributed by atoms with van der Waals surface area (Å²) in [5.74, 6) is 0.500. The molecule has 1 amide bonds. The van der Waals surface area contributed by atoms with Gasteiger partial charge in [0.2, 0.25) is 0 Å². The average molecular weight is 310 g/mol. The zero-order chi connectivity index (χ0) is 16.6. The number of piperidine rings is 1. The van der Waals surface area contributed by atoms with E-state index in [0.717, 1.165) is 38.0 Å². The highest BCUT2D eigenvalue weighted by atomic mass is 16.6. The number of rotatable bonds is 6. The quantitative estimate of drug-likeness (QED) is 0.656. The fourth-order valence-electron chi connectivity index (χ4n) is 2.47. The number of alkyl carbamates (subject to hydrolysis) is 1. The van der Waals surface area contributed by atoms with Crippen LogP contribution in [0.1, 0.15) is 33.6 Å². The van der Waals surface area contributed by atoms with Gasteiger partial charge in [0, 0.05) is 32.6 Å². The Morgan fingerprint density at radius 3 is 2.50 bits per heavy atom. The third kappa shape index (κ3) is 7.45. The third-order valence-corrected chi connectivity index (χ3v) is 3.56. The van der Waals surface area contributed by atoms with Gasteiger partial charge in [-0.3, -0.25) is 4.90 Å². The highest BCUT2D eigenvalue weighted by Gasteiger charge is 2.21.